The minimum atomic E-state index is -0.0372. The topological polar surface area (TPSA) is 80.3 Å². The fraction of sp³-hybridized carbons (Fsp3) is 0.667. The Kier molecular flexibility index (Phi) is 9.02. The maximum atomic E-state index is 13.3. The van der Waals surface area contributed by atoms with Gasteiger partial charge in [0.1, 0.15) is 0 Å². The van der Waals surface area contributed by atoms with Crippen molar-refractivity contribution in [1.82, 2.24) is 10.2 Å². The highest BCUT2D eigenvalue weighted by Crippen LogP contribution is 2.30. The Morgan fingerprint density at radius 2 is 2.04 bits per heavy atom. The second kappa shape index (κ2) is 11.2. The van der Waals surface area contributed by atoms with E-state index in [9.17, 15) is 9.90 Å². The number of benzene rings is 1. The number of ether oxygens (including phenoxy) is 3. The number of amides is 1. The summed E-state index contributed by atoms with van der Waals surface area (Å²) in [6, 6.07) is 5.39. The minimum absolute atomic E-state index is 0.0372. The third-order valence-electron chi connectivity index (χ3n) is 5.02. The first-order chi connectivity index (χ1) is 13.5. The first kappa shape index (κ1) is 22.5. The van der Waals surface area contributed by atoms with Gasteiger partial charge >= 0.3 is 0 Å². The van der Waals surface area contributed by atoms with E-state index in [0.29, 0.717) is 30.3 Å². The molecule has 0 bridgehead atoms. The Hall–Kier alpha value is -1.83. The average molecular weight is 395 g/mol. The molecule has 28 heavy (non-hydrogen) atoms. The van der Waals surface area contributed by atoms with Gasteiger partial charge in [0.15, 0.2) is 11.5 Å². The van der Waals surface area contributed by atoms with Crippen molar-refractivity contribution in [2.24, 2.45) is 5.92 Å². The Balaban J connectivity index is 2.19. The summed E-state index contributed by atoms with van der Waals surface area (Å²) < 4.78 is 16.2. The number of aliphatic hydroxyl groups is 1. The Morgan fingerprint density at radius 3 is 2.68 bits per heavy atom. The predicted molar refractivity (Wildman–Crippen MR) is 108 cm³/mol. The van der Waals surface area contributed by atoms with Crippen molar-refractivity contribution >= 4 is 5.91 Å². The van der Waals surface area contributed by atoms with Crippen LogP contribution in [0.4, 0.5) is 0 Å². The number of piperidine rings is 1. The molecular formula is C21H34N2O5. The number of carbonyl (C=O) groups is 1. The van der Waals surface area contributed by atoms with Crippen LogP contribution >= 0.6 is 0 Å². The quantitative estimate of drug-likeness (QED) is 0.591. The first-order valence-electron chi connectivity index (χ1n) is 9.95. The number of nitrogens with zero attached hydrogens (tertiary/aromatic N) is 1. The molecule has 2 N–H and O–H groups in total. The van der Waals surface area contributed by atoms with E-state index in [-0.39, 0.29) is 30.5 Å². The maximum Gasteiger partial charge on any atom is 0.254 e. The van der Waals surface area contributed by atoms with Gasteiger partial charge in [0.05, 0.1) is 13.7 Å². The van der Waals surface area contributed by atoms with Crippen LogP contribution in [0.15, 0.2) is 18.2 Å². The molecule has 2 rings (SSSR count). The molecule has 7 heteroatoms. The van der Waals surface area contributed by atoms with E-state index in [1.165, 1.54) is 0 Å². The second-order valence-electron chi connectivity index (χ2n) is 7.46. The molecule has 7 nitrogen and oxygen atoms in total. The molecule has 0 unspecified atom stereocenters. The van der Waals surface area contributed by atoms with Crippen LogP contribution < -0.4 is 14.8 Å². The molecule has 1 fully saturated rings. The number of rotatable bonds is 10. The Morgan fingerprint density at radius 1 is 1.25 bits per heavy atom. The highest BCUT2D eigenvalue weighted by atomic mass is 16.5. The molecule has 1 aromatic carbocycles. The van der Waals surface area contributed by atoms with E-state index >= 15 is 0 Å². The fourth-order valence-electron chi connectivity index (χ4n) is 3.64. The maximum absolute atomic E-state index is 13.3. The van der Waals surface area contributed by atoms with Crippen LogP contribution in [-0.2, 0) is 4.74 Å². The summed E-state index contributed by atoms with van der Waals surface area (Å²) in [6.45, 7) is 6.79. The Labute approximate surface area is 168 Å². The molecule has 1 aromatic rings. The molecule has 1 aliphatic heterocycles. The van der Waals surface area contributed by atoms with Crippen LogP contribution in [0.1, 0.15) is 37.0 Å². The zero-order valence-corrected chi connectivity index (χ0v) is 17.4. The third-order valence-corrected chi connectivity index (χ3v) is 5.02. The minimum Gasteiger partial charge on any atom is -0.493 e. The highest BCUT2D eigenvalue weighted by Gasteiger charge is 2.32. The first-order valence-corrected chi connectivity index (χ1v) is 9.95. The van der Waals surface area contributed by atoms with E-state index in [4.69, 9.17) is 14.2 Å². The van der Waals surface area contributed by atoms with Gasteiger partial charge in [-0.2, -0.15) is 0 Å². The van der Waals surface area contributed by atoms with Crippen molar-refractivity contribution in [2.75, 3.05) is 47.1 Å². The number of nitrogens with one attached hydrogen (secondary N) is 1. The number of hydrogen-bond acceptors (Lipinski definition) is 6. The van der Waals surface area contributed by atoms with Crippen molar-refractivity contribution in [1.29, 1.82) is 0 Å². The molecule has 1 aliphatic rings. The van der Waals surface area contributed by atoms with E-state index in [1.54, 1.807) is 32.4 Å². The predicted octanol–water partition coefficient (Wildman–Crippen LogP) is 1.93. The average Bonchev–Trinajstić information content (AvgIpc) is 2.71. The molecule has 1 heterocycles. The lowest BCUT2D eigenvalue weighted by molar-refractivity contribution is 0.0500. The molecule has 2 atom stereocenters. The Bertz CT molecular complexity index is 623. The summed E-state index contributed by atoms with van der Waals surface area (Å²) in [7, 11) is 3.24. The zero-order chi connectivity index (χ0) is 20.5. The van der Waals surface area contributed by atoms with Crippen LogP contribution in [0.3, 0.4) is 0 Å². The molecular weight excluding hydrogens is 360 g/mol. The van der Waals surface area contributed by atoms with E-state index < -0.39 is 0 Å². The van der Waals surface area contributed by atoms with Crippen LogP contribution in [0.5, 0.6) is 11.5 Å². The van der Waals surface area contributed by atoms with Gasteiger partial charge in [0.2, 0.25) is 0 Å². The summed E-state index contributed by atoms with van der Waals surface area (Å²) in [5.41, 5.74) is 0.572. The van der Waals surface area contributed by atoms with Gasteiger partial charge in [-0.15, -0.1) is 0 Å². The number of carbonyl (C=O) groups excluding carboxylic acids is 1. The van der Waals surface area contributed by atoms with Crippen molar-refractivity contribution in [3.05, 3.63) is 23.8 Å². The molecule has 0 aromatic heterocycles. The third kappa shape index (κ3) is 5.83. The standard InChI is InChI=1S/C21H34N2O5/c1-15(2)23(18-10-16(14-24)12-22-13-18)21(25)17-6-7-19(27-4)20(11-17)28-9-5-8-26-3/h6-7,11,15-16,18,22,24H,5,8-10,12-14H2,1-4H3/t16-,18+/m0/s1. The van der Waals surface area contributed by atoms with Crippen molar-refractivity contribution in [2.45, 2.75) is 38.8 Å². The summed E-state index contributed by atoms with van der Waals surface area (Å²) in [6.07, 6.45) is 1.55. The summed E-state index contributed by atoms with van der Waals surface area (Å²) in [5.74, 6) is 1.29. The van der Waals surface area contributed by atoms with Crippen LogP contribution in [-0.4, -0.2) is 75.1 Å². The van der Waals surface area contributed by atoms with Crippen LogP contribution in [0.25, 0.3) is 0 Å². The zero-order valence-electron chi connectivity index (χ0n) is 17.4. The SMILES string of the molecule is COCCCOc1cc(C(=O)N(C(C)C)[C@H]2CNC[C@@H](CO)C2)ccc1OC. The smallest absolute Gasteiger partial charge is 0.254 e. The van der Waals surface area contributed by atoms with Gasteiger partial charge < -0.3 is 29.5 Å². The number of methoxy groups -OCH3 is 2. The molecule has 1 amide bonds. The second-order valence-corrected chi connectivity index (χ2v) is 7.46. The molecule has 0 aliphatic carbocycles. The summed E-state index contributed by atoms with van der Waals surface area (Å²) >= 11 is 0. The fourth-order valence-corrected chi connectivity index (χ4v) is 3.64. The van der Waals surface area contributed by atoms with Gasteiger partial charge in [0, 0.05) is 57.5 Å². The van der Waals surface area contributed by atoms with Crippen molar-refractivity contribution < 1.29 is 24.1 Å². The normalized spacial score (nSPS) is 19.5. The lowest BCUT2D eigenvalue weighted by atomic mass is 9.94. The molecule has 0 spiro atoms. The molecule has 158 valence electrons. The van der Waals surface area contributed by atoms with Crippen molar-refractivity contribution in [3.63, 3.8) is 0 Å². The number of aliphatic hydroxyl groups excluding tert-OH is 1. The molecule has 1 saturated heterocycles. The van der Waals surface area contributed by atoms with Gasteiger partial charge in [0.25, 0.3) is 5.91 Å². The highest BCUT2D eigenvalue weighted by molar-refractivity contribution is 5.95. The van der Waals surface area contributed by atoms with Gasteiger partial charge in [-0.3, -0.25) is 4.79 Å². The number of hydrogen-bond donors (Lipinski definition) is 2. The monoisotopic (exact) mass is 394 g/mol. The lowest BCUT2D eigenvalue weighted by Crippen LogP contribution is -2.54. The largest absolute Gasteiger partial charge is 0.493 e. The van der Waals surface area contributed by atoms with Gasteiger partial charge in [-0.05, 0) is 44.4 Å². The van der Waals surface area contributed by atoms with E-state index in [1.807, 2.05) is 18.7 Å². The van der Waals surface area contributed by atoms with Crippen LogP contribution in [0.2, 0.25) is 0 Å². The van der Waals surface area contributed by atoms with Crippen LogP contribution in [0, 0.1) is 5.92 Å². The van der Waals surface area contributed by atoms with Crippen molar-refractivity contribution in [3.8, 4) is 11.5 Å². The molecule has 0 saturated carbocycles. The van der Waals surface area contributed by atoms with E-state index in [2.05, 4.69) is 5.32 Å². The summed E-state index contributed by atoms with van der Waals surface area (Å²) in [5, 5.41) is 12.9. The molecule has 0 radical (unpaired) electrons. The lowest BCUT2D eigenvalue weighted by Gasteiger charge is -2.40. The van der Waals surface area contributed by atoms with E-state index in [0.717, 1.165) is 25.9 Å². The summed E-state index contributed by atoms with van der Waals surface area (Å²) in [4.78, 5) is 15.2. The van der Waals surface area contributed by atoms with Gasteiger partial charge in [-0.1, -0.05) is 0 Å². The van der Waals surface area contributed by atoms with Gasteiger partial charge in [-0.25, -0.2) is 0 Å².